The quantitative estimate of drug-likeness (QED) is 0.291. The second-order valence-corrected chi connectivity index (χ2v) is 9.91. The molecule has 0 aliphatic heterocycles. The largest absolute Gasteiger partial charge is 0.331 e. The van der Waals surface area contributed by atoms with Crippen LogP contribution in [0.4, 0.5) is 8.78 Å². The summed E-state index contributed by atoms with van der Waals surface area (Å²) in [6, 6.07) is 9.29. The van der Waals surface area contributed by atoms with Gasteiger partial charge < -0.3 is 19.7 Å². The van der Waals surface area contributed by atoms with E-state index in [0.29, 0.717) is 6.54 Å². The second kappa shape index (κ2) is 13.6. The minimum absolute atomic E-state index is 0.151. The molecule has 0 radical (unpaired) electrons. The van der Waals surface area contributed by atoms with Gasteiger partial charge in [0, 0.05) is 32.7 Å². The second-order valence-electron chi connectivity index (χ2n) is 9.91. The Kier molecular flexibility index (Phi) is 10.6. The van der Waals surface area contributed by atoms with Gasteiger partial charge in [0.25, 0.3) is 5.91 Å². The molecule has 6 nitrogen and oxygen atoms in total. The van der Waals surface area contributed by atoms with E-state index in [9.17, 15) is 13.6 Å². The summed E-state index contributed by atoms with van der Waals surface area (Å²) in [5.41, 5.74) is 2.78. The smallest absolute Gasteiger partial charge is 0.257 e. The van der Waals surface area contributed by atoms with Crippen molar-refractivity contribution in [3.8, 4) is 0 Å². The van der Waals surface area contributed by atoms with Crippen molar-refractivity contribution in [1.82, 2.24) is 24.7 Å². The fraction of sp³-hybridized carbons (Fsp3) is 0.517. The zero-order valence-corrected chi connectivity index (χ0v) is 22.9. The van der Waals surface area contributed by atoms with Gasteiger partial charge in [0.05, 0.1) is 23.1 Å². The number of amides is 1. The Morgan fingerprint density at radius 1 is 1.08 bits per heavy atom. The van der Waals surface area contributed by atoms with Crippen LogP contribution in [-0.4, -0.2) is 58.0 Å². The number of carbonyl (C=O) groups is 1. The van der Waals surface area contributed by atoms with Crippen molar-refractivity contribution in [2.75, 3.05) is 32.7 Å². The highest BCUT2D eigenvalue weighted by Gasteiger charge is 2.23. The molecule has 202 valence electrons. The monoisotopic (exact) mass is 513 g/mol. The predicted octanol–water partition coefficient (Wildman–Crippen LogP) is 5.45. The molecule has 1 heterocycles. The van der Waals surface area contributed by atoms with Gasteiger partial charge in [0.2, 0.25) is 0 Å². The molecule has 2 aromatic carbocycles. The van der Waals surface area contributed by atoms with Crippen LogP contribution < -0.4 is 5.32 Å². The van der Waals surface area contributed by atoms with Gasteiger partial charge in [-0.15, -0.1) is 0 Å². The molecule has 0 spiro atoms. The topological polar surface area (TPSA) is 53.4 Å². The third kappa shape index (κ3) is 7.58. The molecule has 1 aromatic heterocycles. The first kappa shape index (κ1) is 28.7. The molecule has 3 rings (SSSR count). The van der Waals surface area contributed by atoms with Crippen molar-refractivity contribution in [2.45, 2.75) is 60.7 Å². The van der Waals surface area contributed by atoms with Gasteiger partial charge in [0.1, 0.15) is 17.5 Å². The number of carbonyl (C=O) groups excluding carboxylic acids is 1. The van der Waals surface area contributed by atoms with Crippen LogP contribution in [0, 0.1) is 17.6 Å². The number of imidazole rings is 1. The van der Waals surface area contributed by atoms with Crippen molar-refractivity contribution >= 4 is 16.9 Å². The van der Waals surface area contributed by atoms with Gasteiger partial charge >= 0.3 is 0 Å². The molecular weight excluding hydrogens is 472 g/mol. The highest BCUT2D eigenvalue weighted by atomic mass is 19.1. The first-order valence-corrected chi connectivity index (χ1v) is 13.4. The normalized spacial score (nSPS) is 11.7. The molecule has 3 aromatic rings. The summed E-state index contributed by atoms with van der Waals surface area (Å²) in [7, 11) is 0. The lowest BCUT2D eigenvalue weighted by molar-refractivity contribution is 0.0711. The van der Waals surface area contributed by atoms with E-state index in [1.54, 1.807) is 4.90 Å². The molecule has 1 amide bonds. The molecule has 0 atom stereocenters. The Morgan fingerprint density at radius 3 is 2.51 bits per heavy atom. The third-order valence-electron chi connectivity index (χ3n) is 6.53. The standard InChI is InChI=1S/C29H41F2N5O/c1-6-14-36-27-12-9-22(18-32-13-15-34(7-2)8-3)16-26(27)33-28(36)20-35(19-21(4)5)29(37)24-17-23(30)10-11-25(24)31/h9-12,16-17,21,32H,6-8,13-15,18-20H2,1-5H3. The Balaban J connectivity index is 1.85. The Hall–Kier alpha value is -2.84. The molecule has 8 heteroatoms. The first-order chi connectivity index (χ1) is 17.8. The fourth-order valence-electron chi connectivity index (χ4n) is 4.60. The Morgan fingerprint density at radius 2 is 1.84 bits per heavy atom. The summed E-state index contributed by atoms with van der Waals surface area (Å²) in [6.45, 7) is 16.6. The lowest BCUT2D eigenvalue weighted by atomic mass is 10.1. The van der Waals surface area contributed by atoms with E-state index >= 15 is 0 Å². The number of hydrogen-bond donors (Lipinski definition) is 1. The van der Waals surface area contributed by atoms with E-state index in [0.717, 1.165) is 86.3 Å². The average Bonchev–Trinajstić information content (AvgIpc) is 3.20. The number of aromatic nitrogens is 2. The summed E-state index contributed by atoms with van der Waals surface area (Å²) < 4.78 is 30.4. The van der Waals surface area contributed by atoms with Crippen molar-refractivity contribution < 1.29 is 13.6 Å². The number of likely N-dealkylation sites (N-methyl/N-ethyl adjacent to an activating group) is 1. The number of nitrogens with one attached hydrogen (secondary N) is 1. The molecule has 1 N–H and O–H groups in total. The van der Waals surface area contributed by atoms with Gasteiger partial charge in [-0.05, 0) is 61.3 Å². The van der Waals surface area contributed by atoms with Crippen LogP contribution in [0.3, 0.4) is 0 Å². The molecular formula is C29H41F2N5O. The average molecular weight is 514 g/mol. The number of fused-ring (bicyclic) bond motifs is 1. The van der Waals surface area contributed by atoms with Crippen molar-refractivity contribution in [1.29, 1.82) is 0 Å². The van der Waals surface area contributed by atoms with Crippen LogP contribution in [0.2, 0.25) is 0 Å². The van der Waals surface area contributed by atoms with Crippen LogP contribution in [0.25, 0.3) is 11.0 Å². The van der Waals surface area contributed by atoms with Crippen LogP contribution in [0.1, 0.15) is 62.8 Å². The van der Waals surface area contributed by atoms with Gasteiger partial charge in [-0.2, -0.15) is 0 Å². The Labute approximate surface area is 219 Å². The number of rotatable bonds is 14. The van der Waals surface area contributed by atoms with Crippen LogP contribution in [0.5, 0.6) is 0 Å². The van der Waals surface area contributed by atoms with Crippen molar-refractivity contribution in [3.63, 3.8) is 0 Å². The number of nitrogens with zero attached hydrogens (tertiary/aromatic N) is 4. The van der Waals surface area contributed by atoms with E-state index in [1.165, 1.54) is 0 Å². The van der Waals surface area contributed by atoms with E-state index < -0.39 is 17.5 Å². The molecule has 37 heavy (non-hydrogen) atoms. The maximum Gasteiger partial charge on any atom is 0.257 e. The molecule has 0 aliphatic rings. The summed E-state index contributed by atoms with van der Waals surface area (Å²) >= 11 is 0. The summed E-state index contributed by atoms with van der Waals surface area (Å²) in [6.07, 6.45) is 0.907. The third-order valence-corrected chi connectivity index (χ3v) is 6.53. The predicted molar refractivity (Wildman–Crippen MR) is 145 cm³/mol. The zero-order valence-electron chi connectivity index (χ0n) is 22.9. The van der Waals surface area contributed by atoms with Crippen molar-refractivity contribution in [2.24, 2.45) is 5.92 Å². The molecule has 0 aliphatic carbocycles. The van der Waals surface area contributed by atoms with Gasteiger partial charge in [-0.1, -0.05) is 40.7 Å². The maximum absolute atomic E-state index is 14.4. The highest BCUT2D eigenvalue weighted by molar-refractivity contribution is 5.94. The summed E-state index contributed by atoms with van der Waals surface area (Å²) in [5.74, 6) is -0.988. The van der Waals surface area contributed by atoms with Gasteiger partial charge in [-0.3, -0.25) is 4.79 Å². The van der Waals surface area contributed by atoms with Gasteiger partial charge in [-0.25, -0.2) is 13.8 Å². The van der Waals surface area contributed by atoms with Crippen molar-refractivity contribution in [3.05, 3.63) is 65.0 Å². The molecule has 0 bridgehead atoms. The number of hydrogen-bond acceptors (Lipinski definition) is 4. The molecule has 0 saturated carbocycles. The molecule has 0 unspecified atom stereocenters. The van der Waals surface area contributed by atoms with E-state index in [1.807, 2.05) is 13.8 Å². The van der Waals surface area contributed by atoms with E-state index in [4.69, 9.17) is 4.98 Å². The first-order valence-electron chi connectivity index (χ1n) is 13.4. The van der Waals surface area contributed by atoms with Crippen LogP contribution in [-0.2, 0) is 19.6 Å². The SMILES string of the molecule is CCCn1c(CN(CC(C)C)C(=O)c2cc(F)ccc2F)nc2cc(CNCCN(CC)CC)ccc21. The van der Waals surface area contributed by atoms with E-state index in [2.05, 4.69) is 53.8 Å². The van der Waals surface area contributed by atoms with Gasteiger partial charge in [0.15, 0.2) is 0 Å². The summed E-state index contributed by atoms with van der Waals surface area (Å²) in [4.78, 5) is 22.2. The summed E-state index contributed by atoms with van der Waals surface area (Å²) in [5, 5.41) is 3.51. The highest BCUT2D eigenvalue weighted by Crippen LogP contribution is 2.22. The Bertz CT molecular complexity index is 1170. The number of halogens is 2. The minimum Gasteiger partial charge on any atom is -0.331 e. The minimum atomic E-state index is -0.722. The molecule has 0 saturated heterocycles. The lowest BCUT2D eigenvalue weighted by Crippen LogP contribution is -2.35. The maximum atomic E-state index is 14.4. The number of benzene rings is 2. The van der Waals surface area contributed by atoms with E-state index in [-0.39, 0.29) is 18.0 Å². The van der Waals surface area contributed by atoms with Crippen LogP contribution in [0.15, 0.2) is 36.4 Å². The molecule has 0 fully saturated rings. The zero-order chi connectivity index (χ0) is 26.9. The lowest BCUT2D eigenvalue weighted by Gasteiger charge is -2.25. The number of aryl methyl sites for hydroxylation is 1. The van der Waals surface area contributed by atoms with Crippen LogP contribution >= 0.6 is 0 Å². The fourth-order valence-corrected chi connectivity index (χ4v) is 4.60.